The molecule has 1 aromatic rings. The van der Waals surface area contributed by atoms with Crippen molar-refractivity contribution in [2.24, 2.45) is 0 Å². The van der Waals surface area contributed by atoms with Crippen molar-refractivity contribution in [2.45, 2.75) is 0 Å². The third-order valence-corrected chi connectivity index (χ3v) is 1.87. The Hall–Kier alpha value is -2.11. The van der Waals surface area contributed by atoms with Crippen LogP contribution in [0.15, 0.2) is 18.5 Å². The second-order valence-electron chi connectivity index (χ2n) is 2.83. The van der Waals surface area contributed by atoms with Crippen LogP contribution in [0.25, 0.3) is 0 Å². The Kier molecular flexibility index (Phi) is 4.26. The molecule has 0 aliphatic rings. The van der Waals surface area contributed by atoms with Crippen LogP contribution < -0.4 is 10.1 Å². The summed E-state index contributed by atoms with van der Waals surface area (Å²) < 4.78 is 9.36. The molecule has 1 heterocycles. The minimum Gasteiger partial charge on any atom is -0.494 e. The molecule has 0 atom stereocenters. The first-order valence-corrected chi connectivity index (χ1v) is 4.52. The summed E-state index contributed by atoms with van der Waals surface area (Å²) in [6, 6.07) is 1.51. The van der Waals surface area contributed by atoms with E-state index in [9.17, 15) is 9.59 Å². The van der Waals surface area contributed by atoms with Gasteiger partial charge < -0.3 is 14.8 Å². The number of carbonyl (C=O) groups is 2. The molecule has 0 radical (unpaired) electrons. The van der Waals surface area contributed by atoms with Gasteiger partial charge in [-0.1, -0.05) is 0 Å². The van der Waals surface area contributed by atoms with Crippen molar-refractivity contribution in [1.29, 1.82) is 0 Å². The minimum absolute atomic E-state index is 0.180. The molecule has 0 unspecified atom stereocenters. The lowest BCUT2D eigenvalue weighted by atomic mass is 10.2. The average Bonchev–Trinajstić information content (AvgIpc) is 2.35. The molecule has 1 rings (SSSR count). The van der Waals surface area contributed by atoms with Crippen molar-refractivity contribution in [1.82, 2.24) is 10.3 Å². The summed E-state index contributed by atoms with van der Waals surface area (Å²) in [6.07, 6.45) is 2.89. The van der Waals surface area contributed by atoms with Gasteiger partial charge in [0.15, 0.2) is 0 Å². The summed E-state index contributed by atoms with van der Waals surface area (Å²) in [7, 11) is 2.69. The van der Waals surface area contributed by atoms with E-state index in [4.69, 9.17) is 4.74 Å². The predicted molar refractivity (Wildman–Crippen MR) is 55.1 cm³/mol. The van der Waals surface area contributed by atoms with Crippen LogP contribution in [0.1, 0.15) is 10.4 Å². The second-order valence-corrected chi connectivity index (χ2v) is 2.83. The first-order valence-electron chi connectivity index (χ1n) is 4.52. The fourth-order valence-corrected chi connectivity index (χ4v) is 1.05. The maximum Gasteiger partial charge on any atom is 0.325 e. The third-order valence-electron chi connectivity index (χ3n) is 1.87. The van der Waals surface area contributed by atoms with Gasteiger partial charge in [-0.15, -0.1) is 0 Å². The number of ether oxygens (including phenoxy) is 2. The minimum atomic E-state index is -0.513. The zero-order chi connectivity index (χ0) is 12.0. The molecule has 0 bridgehead atoms. The second kappa shape index (κ2) is 5.69. The molecule has 0 aromatic carbocycles. The van der Waals surface area contributed by atoms with Gasteiger partial charge in [-0.25, -0.2) is 0 Å². The smallest absolute Gasteiger partial charge is 0.325 e. The van der Waals surface area contributed by atoms with Gasteiger partial charge in [0.1, 0.15) is 12.3 Å². The van der Waals surface area contributed by atoms with Crippen molar-refractivity contribution in [3.63, 3.8) is 0 Å². The lowest BCUT2D eigenvalue weighted by Gasteiger charge is -2.07. The number of nitrogens with one attached hydrogen (secondary N) is 1. The Morgan fingerprint density at radius 1 is 1.44 bits per heavy atom. The molecule has 16 heavy (non-hydrogen) atoms. The van der Waals surface area contributed by atoms with Gasteiger partial charge in [-0.2, -0.15) is 0 Å². The summed E-state index contributed by atoms with van der Waals surface area (Å²) in [6.45, 7) is -0.180. The SMILES string of the molecule is COC(=O)CNC(=O)c1ccncc1OC. The fourth-order valence-electron chi connectivity index (χ4n) is 1.05. The van der Waals surface area contributed by atoms with Gasteiger partial charge in [0, 0.05) is 6.20 Å². The highest BCUT2D eigenvalue weighted by atomic mass is 16.5. The number of esters is 1. The predicted octanol–water partition coefficient (Wildman–Crippen LogP) is -0.00700. The van der Waals surface area contributed by atoms with Crippen LogP contribution in [0.5, 0.6) is 5.75 Å². The average molecular weight is 224 g/mol. The van der Waals surface area contributed by atoms with Gasteiger partial charge in [0.2, 0.25) is 0 Å². The van der Waals surface area contributed by atoms with Gasteiger partial charge in [0.25, 0.3) is 5.91 Å². The molecule has 0 fully saturated rings. The van der Waals surface area contributed by atoms with E-state index in [-0.39, 0.29) is 6.54 Å². The van der Waals surface area contributed by atoms with Crippen molar-refractivity contribution >= 4 is 11.9 Å². The van der Waals surface area contributed by atoms with Gasteiger partial charge in [-0.05, 0) is 6.07 Å². The summed E-state index contributed by atoms with van der Waals surface area (Å²) in [4.78, 5) is 26.3. The van der Waals surface area contributed by atoms with Gasteiger partial charge >= 0.3 is 5.97 Å². The maximum atomic E-state index is 11.6. The van der Waals surface area contributed by atoms with Crippen LogP contribution >= 0.6 is 0 Å². The third kappa shape index (κ3) is 2.94. The van der Waals surface area contributed by atoms with E-state index in [0.29, 0.717) is 11.3 Å². The lowest BCUT2D eigenvalue weighted by Crippen LogP contribution is -2.30. The number of rotatable bonds is 4. The molecule has 0 saturated carbocycles. The summed E-state index contributed by atoms with van der Waals surface area (Å²) >= 11 is 0. The number of carbonyl (C=O) groups excluding carboxylic acids is 2. The Bertz CT molecular complexity index is 392. The van der Waals surface area contributed by atoms with Gasteiger partial charge in [-0.3, -0.25) is 14.6 Å². The van der Waals surface area contributed by atoms with Crippen LogP contribution in [0.4, 0.5) is 0 Å². The van der Waals surface area contributed by atoms with Crippen LogP contribution in [-0.4, -0.2) is 37.6 Å². The summed E-state index contributed by atoms with van der Waals surface area (Å²) in [5, 5.41) is 2.40. The molecule has 86 valence electrons. The van der Waals surface area contributed by atoms with Crippen LogP contribution in [0, 0.1) is 0 Å². The Morgan fingerprint density at radius 3 is 2.81 bits per heavy atom. The van der Waals surface area contributed by atoms with E-state index in [0.717, 1.165) is 0 Å². The molecule has 1 aromatic heterocycles. The van der Waals surface area contributed by atoms with E-state index < -0.39 is 11.9 Å². The molecule has 1 amide bonds. The molecule has 6 nitrogen and oxygen atoms in total. The summed E-state index contributed by atoms with van der Waals surface area (Å²) in [5.41, 5.74) is 0.321. The van der Waals surface area contributed by atoms with E-state index in [1.165, 1.54) is 32.7 Å². The van der Waals surface area contributed by atoms with Crippen LogP contribution in [0.3, 0.4) is 0 Å². The fraction of sp³-hybridized carbons (Fsp3) is 0.300. The van der Waals surface area contributed by atoms with Crippen molar-refractivity contribution in [3.8, 4) is 5.75 Å². The Labute approximate surface area is 92.6 Å². The number of amides is 1. The normalized spacial score (nSPS) is 9.38. The topological polar surface area (TPSA) is 77.5 Å². The number of aromatic nitrogens is 1. The number of hydrogen-bond acceptors (Lipinski definition) is 5. The molecule has 0 saturated heterocycles. The highest BCUT2D eigenvalue weighted by Gasteiger charge is 2.12. The van der Waals surface area contributed by atoms with E-state index >= 15 is 0 Å². The molecular weight excluding hydrogens is 212 g/mol. The van der Waals surface area contributed by atoms with E-state index in [2.05, 4.69) is 15.0 Å². The van der Waals surface area contributed by atoms with Crippen LogP contribution in [0.2, 0.25) is 0 Å². The number of pyridine rings is 1. The van der Waals surface area contributed by atoms with Crippen molar-refractivity contribution < 1.29 is 19.1 Å². The Balaban J connectivity index is 2.69. The molecule has 6 heteroatoms. The number of hydrogen-bond donors (Lipinski definition) is 1. The molecule has 1 N–H and O–H groups in total. The lowest BCUT2D eigenvalue weighted by molar-refractivity contribution is -0.139. The highest BCUT2D eigenvalue weighted by molar-refractivity contribution is 5.98. The monoisotopic (exact) mass is 224 g/mol. The van der Waals surface area contributed by atoms with E-state index in [1.54, 1.807) is 0 Å². The molecule has 0 aliphatic heterocycles. The van der Waals surface area contributed by atoms with Crippen molar-refractivity contribution in [3.05, 3.63) is 24.0 Å². The Morgan fingerprint density at radius 2 is 2.19 bits per heavy atom. The van der Waals surface area contributed by atoms with Crippen molar-refractivity contribution in [2.75, 3.05) is 20.8 Å². The highest BCUT2D eigenvalue weighted by Crippen LogP contribution is 2.14. The number of methoxy groups -OCH3 is 2. The quantitative estimate of drug-likeness (QED) is 0.728. The first-order chi connectivity index (χ1) is 7.69. The van der Waals surface area contributed by atoms with E-state index in [1.807, 2.05) is 0 Å². The zero-order valence-corrected chi connectivity index (χ0v) is 9.02. The molecular formula is C10H12N2O4. The summed E-state index contributed by atoms with van der Waals surface area (Å²) in [5.74, 6) is -0.573. The first kappa shape index (κ1) is 12.0. The standard InChI is InChI=1S/C10H12N2O4/c1-15-8-5-11-4-3-7(8)10(14)12-6-9(13)16-2/h3-5H,6H2,1-2H3,(H,12,14). The largest absolute Gasteiger partial charge is 0.494 e. The maximum absolute atomic E-state index is 11.6. The molecule has 0 aliphatic carbocycles. The van der Waals surface area contributed by atoms with Crippen LogP contribution in [-0.2, 0) is 9.53 Å². The molecule has 0 spiro atoms. The number of nitrogens with zero attached hydrogens (tertiary/aromatic N) is 1. The van der Waals surface area contributed by atoms with Gasteiger partial charge in [0.05, 0.1) is 26.0 Å². The zero-order valence-electron chi connectivity index (χ0n) is 9.02.